The summed E-state index contributed by atoms with van der Waals surface area (Å²) in [4.78, 5) is 28.4. The van der Waals surface area contributed by atoms with Crippen molar-refractivity contribution in [1.29, 1.82) is 0 Å². The molecule has 0 aromatic heterocycles. The number of carbonyl (C=O) groups excluding carboxylic acids is 1. The van der Waals surface area contributed by atoms with Gasteiger partial charge in [-0.25, -0.2) is 4.39 Å². The molecular weight excluding hydrogens is 489 g/mol. The first-order chi connectivity index (χ1) is 17.2. The van der Waals surface area contributed by atoms with Crippen LogP contribution >= 0.6 is 11.6 Å². The molecule has 2 aliphatic heterocycles. The van der Waals surface area contributed by atoms with E-state index in [1.807, 2.05) is 11.8 Å². The van der Waals surface area contributed by atoms with Gasteiger partial charge in [0.15, 0.2) is 18.1 Å². The number of nitrogens with one attached hydrogen (secondary N) is 1. The van der Waals surface area contributed by atoms with Crippen molar-refractivity contribution in [2.24, 2.45) is 0 Å². The molecule has 0 unspecified atom stereocenters. The number of piperazine rings is 1. The lowest BCUT2D eigenvalue weighted by atomic mass is 10.1. The van der Waals surface area contributed by atoms with Gasteiger partial charge in [-0.1, -0.05) is 23.7 Å². The minimum atomic E-state index is -0.921. The number of ether oxygens (including phenoxy) is 2. The molecule has 4 atom stereocenters. The average Bonchev–Trinajstić information content (AvgIpc) is 3.31. The number of aliphatic carboxylic acids is 1. The number of carboxylic acid groups (broad SMARTS) is 1. The van der Waals surface area contributed by atoms with Crippen LogP contribution in [0.25, 0.3) is 0 Å². The highest BCUT2D eigenvalue weighted by atomic mass is 35.5. The molecule has 2 fully saturated rings. The monoisotopic (exact) mass is 519 g/mol. The van der Waals surface area contributed by atoms with Crippen molar-refractivity contribution in [2.45, 2.75) is 51.0 Å². The Morgan fingerprint density at radius 1 is 1.11 bits per heavy atom. The molecule has 10 heteroatoms. The number of halogens is 2. The lowest BCUT2D eigenvalue weighted by Crippen LogP contribution is -2.58. The van der Waals surface area contributed by atoms with Crippen LogP contribution in [0.2, 0.25) is 5.02 Å². The van der Waals surface area contributed by atoms with Gasteiger partial charge in [-0.15, -0.1) is 0 Å². The van der Waals surface area contributed by atoms with Crippen molar-refractivity contribution >= 4 is 23.5 Å². The minimum Gasteiger partial charge on any atom is -0.485 e. The summed E-state index contributed by atoms with van der Waals surface area (Å²) < 4.78 is 25.0. The molecule has 4 rings (SSSR count). The smallest absolute Gasteiger partial charge is 0.320 e. The van der Waals surface area contributed by atoms with E-state index in [1.165, 1.54) is 12.1 Å². The fourth-order valence-electron chi connectivity index (χ4n) is 4.67. The summed E-state index contributed by atoms with van der Waals surface area (Å²) in [5.41, 5.74) is 1.03. The van der Waals surface area contributed by atoms with Crippen molar-refractivity contribution in [2.75, 3.05) is 26.2 Å². The van der Waals surface area contributed by atoms with Crippen LogP contribution in [-0.2, 0) is 16.1 Å². The van der Waals surface area contributed by atoms with E-state index < -0.39 is 12.0 Å². The standard InChI is InChI=1S/C26H31ClFN3O5/c1-16-13-31(17(2)12-30(16)14-18-3-6-20(28)7-4-18)25(32)15-35-23-8-5-19(27)9-24(23)36-21-10-22(26(33)34)29-11-21/h3-9,16-17,21-22,29H,10-15H2,1-2H3,(H,33,34)/t16-,17+,21-,22-/m0/s1. The van der Waals surface area contributed by atoms with Gasteiger partial charge in [0.2, 0.25) is 0 Å². The van der Waals surface area contributed by atoms with E-state index in [0.717, 1.165) is 5.56 Å². The zero-order valence-electron chi connectivity index (χ0n) is 20.3. The van der Waals surface area contributed by atoms with Crippen molar-refractivity contribution in [3.63, 3.8) is 0 Å². The normalized spacial score (nSPS) is 24.5. The van der Waals surface area contributed by atoms with Gasteiger partial charge in [0.25, 0.3) is 5.91 Å². The van der Waals surface area contributed by atoms with Crippen LogP contribution in [0, 0.1) is 5.82 Å². The summed E-state index contributed by atoms with van der Waals surface area (Å²) in [7, 11) is 0. The van der Waals surface area contributed by atoms with Crippen molar-refractivity contribution in [3.05, 3.63) is 58.9 Å². The molecule has 8 nitrogen and oxygen atoms in total. The second-order valence-electron chi connectivity index (χ2n) is 9.45. The molecular formula is C26H31ClFN3O5. The zero-order chi connectivity index (χ0) is 25.8. The molecule has 2 saturated heterocycles. The Bertz CT molecular complexity index is 1090. The van der Waals surface area contributed by atoms with Crippen LogP contribution in [0.15, 0.2) is 42.5 Å². The van der Waals surface area contributed by atoms with Crippen LogP contribution in [-0.4, -0.2) is 77.3 Å². The van der Waals surface area contributed by atoms with Crippen LogP contribution in [0.1, 0.15) is 25.8 Å². The second-order valence-corrected chi connectivity index (χ2v) is 9.89. The number of amides is 1. The van der Waals surface area contributed by atoms with Crippen molar-refractivity contribution < 1.29 is 28.6 Å². The van der Waals surface area contributed by atoms with Gasteiger partial charge in [-0.05, 0) is 43.7 Å². The van der Waals surface area contributed by atoms with Crippen LogP contribution in [0.3, 0.4) is 0 Å². The van der Waals surface area contributed by atoms with E-state index >= 15 is 0 Å². The molecule has 2 aliphatic rings. The predicted octanol–water partition coefficient (Wildman–Crippen LogP) is 3.17. The van der Waals surface area contributed by atoms with Crippen LogP contribution < -0.4 is 14.8 Å². The number of carbonyl (C=O) groups is 2. The molecule has 0 radical (unpaired) electrons. The van der Waals surface area contributed by atoms with Gasteiger partial charge < -0.3 is 24.8 Å². The Kier molecular flexibility index (Phi) is 8.33. The third-order valence-electron chi connectivity index (χ3n) is 6.67. The maximum Gasteiger partial charge on any atom is 0.320 e. The lowest BCUT2D eigenvalue weighted by molar-refractivity contribution is -0.140. The van der Waals surface area contributed by atoms with E-state index in [1.54, 1.807) is 30.3 Å². The molecule has 2 aromatic rings. The predicted molar refractivity (Wildman–Crippen MR) is 133 cm³/mol. The van der Waals surface area contributed by atoms with E-state index in [0.29, 0.717) is 49.1 Å². The van der Waals surface area contributed by atoms with Gasteiger partial charge in [0, 0.05) is 55.8 Å². The third kappa shape index (κ3) is 6.46. The molecule has 2 N–H and O–H groups in total. The maximum absolute atomic E-state index is 13.2. The number of rotatable bonds is 8. The summed E-state index contributed by atoms with van der Waals surface area (Å²) in [5, 5.41) is 12.5. The number of hydrogen-bond acceptors (Lipinski definition) is 6. The largest absolute Gasteiger partial charge is 0.485 e. The van der Waals surface area contributed by atoms with Crippen LogP contribution in [0.5, 0.6) is 11.5 Å². The summed E-state index contributed by atoms with van der Waals surface area (Å²) in [6.45, 7) is 6.24. The average molecular weight is 520 g/mol. The molecule has 0 aliphatic carbocycles. The first-order valence-corrected chi connectivity index (χ1v) is 12.4. The molecule has 36 heavy (non-hydrogen) atoms. The van der Waals surface area contributed by atoms with Crippen LogP contribution in [0.4, 0.5) is 4.39 Å². The van der Waals surface area contributed by atoms with Gasteiger partial charge in [-0.2, -0.15) is 0 Å². The Labute approximate surface area is 214 Å². The summed E-state index contributed by atoms with van der Waals surface area (Å²) >= 11 is 6.14. The van der Waals surface area contributed by atoms with Gasteiger partial charge in [-0.3, -0.25) is 14.5 Å². The molecule has 0 bridgehead atoms. The molecule has 2 heterocycles. The maximum atomic E-state index is 13.2. The summed E-state index contributed by atoms with van der Waals surface area (Å²) in [6, 6.07) is 10.8. The number of benzene rings is 2. The number of nitrogens with zero attached hydrogens (tertiary/aromatic N) is 2. The number of hydrogen-bond donors (Lipinski definition) is 2. The van der Waals surface area contributed by atoms with Gasteiger partial charge in [0.1, 0.15) is 18.0 Å². The molecule has 0 saturated carbocycles. The highest BCUT2D eigenvalue weighted by Gasteiger charge is 2.33. The third-order valence-corrected chi connectivity index (χ3v) is 6.91. The summed E-state index contributed by atoms with van der Waals surface area (Å²) in [6.07, 6.45) is -0.0321. The second kappa shape index (κ2) is 11.5. The quantitative estimate of drug-likeness (QED) is 0.553. The van der Waals surface area contributed by atoms with Gasteiger partial charge in [0.05, 0.1) is 0 Å². The molecule has 1 amide bonds. The first-order valence-electron chi connectivity index (χ1n) is 12.0. The Morgan fingerprint density at radius 3 is 2.56 bits per heavy atom. The topological polar surface area (TPSA) is 91.3 Å². The fourth-order valence-corrected chi connectivity index (χ4v) is 4.83. The zero-order valence-corrected chi connectivity index (χ0v) is 21.1. The van der Waals surface area contributed by atoms with E-state index in [2.05, 4.69) is 17.1 Å². The first kappa shape index (κ1) is 26.2. The number of carboxylic acids is 1. The SMILES string of the molecule is C[C@@H]1CN(Cc2ccc(F)cc2)[C@@H](C)CN1C(=O)COc1ccc(Cl)cc1O[C@@H]1CN[C@H](C(=O)O)C1. The molecule has 0 spiro atoms. The van der Waals surface area contributed by atoms with Gasteiger partial charge >= 0.3 is 5.97 Å². The van der Waals surface area contributed by atoms with E-state index in [9.17, 15) is 19.1 Å². The van der Waals surface area contributed by atoms with Crippen molar-refractivity contribution in [1.82, 2.24) is 15.1 Å². The summed E-state index contributed by atoms with van der Waals surface area (Å²) in [5.74, 6) is -0.560. The Balaban J connectivity index is 1.34. The Morgan fingerprint density at radius 2 is 1.86 bits per heavy atom. The van der Waals surface area contributed by atoms with E-state index in [-0.39, 0.29) is 36.5 Å². The highest BCUT2D eigenvalue weighted by molar-refractivity contribution is 6.30. The highest BCUT2D eigenvalue weighted by Crippen LogP contribution is 2.32. The minimum absolute atomic E-state index is 0.0174. The van der Waals surface area contributed by atoms with Crippen molar-refractivity contribution in [3.8, 4) is 11.5 Å². The lowest BCUT2D eigenvalue weighted by Gasteiger charge is -2.44. The Hall–Kier alpha value is -2.88. The van der Waals surface area contributed by atoms with E-state index in [4.69, 9.17) is 21.1 Å². The molecule has 2 aromatic carbocycles. The fraction of sp³-hybridized carbons (Fsp3) is 0.462. The molecule has 194 valence electrons.